The topological polar surface area (TPSA) is 81.9 Å². The Kier molecular flexibility index (Phi) is 5.21. The van der Waals surface area contributed by atoms with Crippen molar-refractivity contribution in [1.82, 2.24) is 4.90 Å². The summed E-state index contributed by atoms with van der Waals surface area (Å²) >= 11 is 0. The van der Waals surface area contributed by atoms with Crippen molar-refractivity contribution < 1.29 is 17.9 Å². The first-order valence-corrected chi connectivity index (χ1v) is 8.52. The summed E-state index contributed by atoms with van der Waals surface area (Å²) in [5.41, 5.74) is 0. The van der Waals surface area contributed by atoms with Gasteiger partial charge in [-0.15, -0.1) is 0 Å². The molecule has 0 aliphatic carbocycles. The number of morpholine rings is 1. The Labute approximate surface area is 125 Å². The molecule has 0 unspecified atom stereocenters. The van der Waals surface area contributed by atoms with Crippen LogP contribution in [0.15, 0.2) is 29.2 Å². The smallest absolute Gasteiger partial charge is 0.238 e. The van der Waals surface area contributed by atoms with Crippen molar-refractivity contribution in [2.24, 2.45) is 5.14 Å². The maximum Gasteiger partial charge on any atom is 0.238 e. The van der Waals surface area contributed by atoms with Crippen LogP contribution in [0.2, 0.25) is 0 Å². The summed E-state index contributed by atoms with van der Waals surface area (Å²) in [6.07, 6.45) is 0.477. The Bertz CT molecular complexity index is 549. The normalized spacial score (nSPS) is 24.0. The van der Waals surface area contributed by atoms with Crippen LogP contribution in [-0.2, 0) is 14.8 Å². The van der Waals surface area contributed by atoms with Gasteiger partial charge in [-0.2, -0.15) is 0 Å². The SMILES string of the molecule is C[C@@H]1CN(CCOc2ccc(S(N)(=O)=O)cc2)C[C@@H](C)O1. The van der Waals surface area contributed by atoms with Gasteiger partial charge < -0.3 is 9.47 Å². The summed E-state index contributed by atoms with van der Waals surface area (Å²) in [5.74, 6) is 0.636. The molecule has 2 N–H and O–H groups in total. The third-order valence-electron chi connectivity index (χ3n) is 3.32. The molecule has 21 heavy (non-hydrogen) atoms. The molecule has 0 amide bonds. The monoisotopic (exact) mass is 314 g/mol. The molecule has 6 nitrogen and oxygen atoms in total. The van der Waals surface area contributed by atoms with Crippen LogP contribution in [0.5, 0.6) is 5.75 Å². The molecule has 1 aromatic carbocycles. The van der Waals surface area contributed by atoms with E-state index in [0.717, 1.165) is 19.6 Å². The lowest BCUT2D eigenvalue weighted by Gasteiger charge is -2.35. The van der Waals surface area contributed by atoms with Gasteiger partial charge in [0, 0.05) is 19.6 Å². The van der Waals surface area contributed by atoms with Gasteiger partial charge in [0.1, 0.15) is 12.4 Å². The number of ether oxygens (including phenoxy) is 2. The van der Waals surface area contributed by atoms with Gasteiger partial charge >= 0.3 is 0 Å². The number of nitrogens with zero attached hydrogens (tertiary/aromatic N) is 1. The zero-order valence-electron chi connectivity index (χ0n) is 12.4. The molecule has 0 aromatic heterocycles. The molecule has 1 saturated heterocycles. The van der Waals surface area contributed by atoms with Crippen LogP contribution in [0.25, 0.3) is 0 Å². The van der Waals surface area contributed by atoms with Gasteiger partial charge in [0.15, 0.2) is 0 Å². The van der Waals surface area contributed by atoms with E-state index >= 15 is 0 Å². The summed E-state index contributed by atoms with van der Waals surface area (Å²) < 4.78 is 33.6. The Balaban J connectivity index is 1.81. The fourth-order valence-electron chi connectivity index (χ4n) is 2.49. The zero-order chi connectivity index (χ0) is 15.5. The largest absolute Gasteiger partial charge is 0.492 e. The van der Waals surface area contributed by atoms with Crippen LogP contribution in [0, 0.1) is 0 Å². The molecule has 7 heteroatoms. The second-order valence-electron chi connectivity index (χ2n) is 5.38. The average molecular weight is 314 g/mol. The second-order valence-corrected chi connectivity index (χ2v) is 6.94. The van der Waals surface area contributed by atoms with Gasteiger partial charge in [-0.05, 0) is 38.1 Å². The highest BCUT2D eigenvalue weighted by molar-refractivity contribution is 7.89. The van der Waals surface area contributed by atoms with Crippen molar-refractivity contribution in [3.63, 3.8) is 0 Å². The Hall–Kier alpha value is -1.15. The first-order chi connectivity index (χ1) is 9.84. The Morgan fingerprint density at radius 1 is 1.24 bits per heavy atom. The van der Waals surface area contributed by atoms with Gasteiger partial charge in [0.25, 0.3) is 0 Å². The third-order valence-corrected chi connectivity index (χ3v) is 4.25. The van der Waals surface area contributed by atoms with E-state index < -0.39 is 10.0 Å². The summed E-state index contributed by atoms with van der Waals surface area (Å²) in [4.78, 5) is 2.39. The highest BCUT2D eigenvalue weighted by atomic mass is 32.2. The molecule has 2 rings (SSSR count). The van der Waals surface area contributed by atoms with Gasteiger partial charge in [-0.25, -0.2) is 13.6 Å². The lowest BCUT2D eigenvalue weighted by Crippen LogP contribution is -2.46. The van der Waals surface area contributed by atoms with E-state index in [9.17, 15) is 8.42 Å². The molecule has 0 radical (unpaired) electrons. The predicted octanol–water partition coefficient (Wildman–Crippen LogP) is 0.822. The van der Waals surface area contributed by atoms with Crippen molar-refractivity contribution >= 4 is 10.0 Å². The first-order valence-electron chi connectivity index (χ1n) is 6.98. The van der Waals surface area contributed by atoms with Gasteiger partial charge in [-0.1, -0.05) is 0 Å². The zero-order valence-corrected chi connectivity index (χ0v) is 13.2. The van der Waals surface area contributed by atoms with Crippen LogP contribution >= 0.6 is 0 Å². The standard InChI is InChI=1S/C14H22N2O4S/c1-11-9-16(10-12(2)20-11)7-8-19-13-3-5-14(6-4-13)21(15,17)18/h3-6,11-12H,7-10H2,1-2H3,(H2,15,17,18)/t11-,12-/m1/s1. The van der Waals surface area contributed by atoms with Crippen LogP contribution < -0.4 is 9.88 Å². The first kappa shape index (κ1) is 16.2. The maximum absolute atomic E-state index is 11.1. The molecule has 2 atom stereocenters. The van der Waals surface area contributed by atoms with Crippen LogP contribution in [-0.4, -0.2) is 51.8 Å². The van der Waals surface area contributed by atoms with Crippen LogP contribution in [0.3, 0.4) is 0 Å². The summed E-state index contributed by atoms with van der Waals surface area (Å²) in [6.45, 7) is 7.30. The average Bonchev–Trinajstić information content (AvgIpc) is 2.37. The summed E-state index contributed by atoms with van der Waals surface area (Å²) in [6, 6.07) is 6.13. The van der Waals surface area contributed by atoms with Crippen molar-refractivity contribution in [3.05, 3.63) is 24.3 Å². The third kappa shape index (κ3) is 4.96. The quantitative estimate of drug-likeness (QED) is 0.870. The van der Waals surface area contributed by atoms with Crippen LogP contribution in [0.4, 0.5) is 0 Å². The summed E-state index contributed by atoms with van der Waals surface area (Å²) in [5, 5.41) is 5.04. The van der Waals surface area contributed by atoms with E-state index in [1.165, 1.54) is 12.1 Å². The minimum atomic E-state index is -3.65. The minimum Gasteiger partial charge on any atom is -0.492 e. The Morgan fingerprint density at radius 2 is 1.81 bits per heavy atom. The minimum absolute atomic E-state index is 0.0886. The lowest BCUT2D eigenvalue weighted by atomic mass is 10.2. The van der Waals surface area contributed by atoms with Crippen molar-refractivity contribution in [3.8, 4) is 5.75 Å². The van der Waals surface area contributed by atoms with Crippen molar-refractivity contribution in [2.45, 2.75) is 31.0 Å². The highest BCUT2D eigenvalue weighted by Crippen LogP contribution is 2.15. The predicted molar refractivity (Wildman–Crippen MR) is 79.8 cm³/mol. The number of primary sulfonamides is 1. The van der Waals surface area contributed by atoms with Gasteiger partial charge in [0.2, 0.25) is 10.0 Å². The van der Waals surface area contributed by atoms with Gasteiger partial charge in [0.05, 0.1) is 17.1 Å². The summed E-state index contributed by atoms with van der Waals surface area (Å²) in [7, 11) is -3.65. The number of hydrogen-bond donors (Lipinski definition) is 1. The molecular weight excluding hydrogens is 292 g/mol. The molecule has 0 spiro atoms. The van der Waals surface area contributed by atoms with Crippen LogP contribution in [0.1, 0.15) is 13.8 Å². The molecule has 0 bridgehead atoms. The number of sulfonamides is 1. The Morgan fingerprint density at radius 3 is 2.33 bits per heavy atom. The van der Waals surface area contributed by atoms with E-state index in [1.807, 2.05) is 0 Å². The number of hydrogen-bond acceptors (Lipinski definition) is 5. The van der Waals surface area contributed by atoms with E-state index in [1.54, 1.807) is 12.1 Å². The molecule has 1 aliphatic heterocycles. The van der Waals surface area contributed by atoms with E-state index in [0.29, 0.717) is 12.4 Å². The molecule has 1 fully saturated rings. The molecule has 1 heterocycles. The maximum atomic E-state index is 11.1. The molecule has 1 aliphatic rings. The molecular formula is C14H22N2O4S. The van der Waals surface area contributed by atoms with E-state index in [-0.39, 0.29) is 17.1 Å². The molecule has 118 valence electrons. The lowest BCUT2D eigenvalue weighted by molar-refractivity contribution is -0.0699. The number of rotatable bonds is 5. The van der Waals surface area contributed by atoms with E-state index in [4.69, 9.17) is 14.6 Å². The number of benzene rings is 1. The highest BCUT2D eigenvalue weighted by Gasteiger charge is 2.21. The second kappa shape index (κ2) is 6.74. The van der Waals surface area contributed by atoms with Crippen molar-refractivity contribution in [2.75, 3.05) is 26.2 Å². The fraction of sp³-hybridized carbons (Fsp3) is 0.571. The van der Waals surface area contributed by atoms with Crippen molar-refractivity contribution in [1.29, 1.82) is 0 Å². The molecule has 0 saturated carbocycles. The van der Waals surface area contributed by atoms with E-state index in [2.05, 4.69) is 18.7 Å². The van der Waals surface area contributed by atoms with Gasteiger partial charge in [-0.3, -0.25) is 4.90 Å². The fourth-order valence-corrected chi connectivity index (χ4v) is 3.00. The molecule has 1 aromatic rings. The number of nitrogens with two attached hydrogens (primary N) is 1.